The molecule has 0 bridgehead atoms. The van der Waals surface area contributed by atoms with Crippen LogP contribution in [-0.2, 0) is 6.54 Å². The van der Waals surface area contributed by atoms with Gasteiger partial charge in [0.2, 0.25) is 0 Å². The molecular formula is C11H9BrClN3. The fourth-order valence-corrected chi connectivity index (χ4v) is 1.72. The molecule has 1 aromatic heterocycles. The maximum atomic E-state index is 5.90. The first-order valence-corrected chi connectivity index (χ1v) is 5.86. The number of hydrogen-bond donors (Lipinski definition) is 1. The molecule has 5 heteroatoms. The number of nitrogens with one attached hydrogen (secondary N) is 1. The van der Waals surface area contributed by atoms with Crippen LogP contribution in [0.5, 0.6) is 0 Å². The summed E-state index contributed by atoms with van der Waals surface area (Å²) in [5, 5.41) is 3.95. The molecule has 0 atom stereocenters. The van der Waals surface area contributed by atoms with Crippen LogP contribution >= 0.6 is 27.5 Å². The number of benzene rings is 1. The van der Waals surface area contributed by atoms with Gasteiger partial charge in [0, 0.05) is 16.4 Å². The molecule has 2 rings (SSSR count). The van der Waals surface area contributed by atoms with Crippen LogP contribution in [0.3, 0.4) is 0 Å². The summed E-state index contributed by atoms with van der Waals surface area (Å²) in [5.74, 6) is 0. The lowest BCUT2D eigenvalue weighted by Crippen LogP contribution is -2.01. The number of anilines is 1. The Morgan fingerprint density at radius 3 is 2.88 bits per heavy atom. The molecule has 1 N–H and O–H groups in total. The van der Waals surface area contributed by atoms with E-state index in [1.165, 1.54) is 6.33 Å². The van der Waals surface area contributed by atoms with Crippen LogP contribution in [0.2, 0.25) is 5.02 Å². The Balaban J connectivity index is 2.03. The molecule has 1 heterocycles. The Kier molecular flexibility index (Phi) is 3.74. The second-order valence-electron chi connectivity index (χ2n) is 3.18. The summed E-state index contributed by atoms with van der Waals surface area (Å²) in [7, 11) is 0. The smallest absolute Gasteiger partial charge is 0.115 e. The first-order chi connectivity index (χ1) is 7.75. The molecule has 0 fully saturated rings. The molecule has 3 nitrogen and oxygen atoms in total. The van der Waals surface area contributed by atoms with Gasteiger partial charge in [0.25, 0.3) is 0 Å². The first-order valence-electron chi connectivity index (χ1n) is 4.69. The fraction of sp³-hybridized carbons (Fsp3) is 0.0909. The highest BCUT2D eigenvalue weighted by Gasteiger charge is 1.99. The van der Waals surface area contributed by atoms with Gasteiger partial charge < -0.3 is 5.32 Å². The van der Waals surface area contributed by atoms with Gasteiger partial charge in [-0.05, 0) is 40.2 Å². The Morgan fingerprint density at radius 1 is 1.31 bits per heavy atom. The summed E-state index contributed by atoms with van der Waals surface area (Å²) in [4.78, 5) is 7.98. The zero-order valence-electron chi connectivity index (χ0n) is 8.32. The van der Waals surface area contributed by atoms with Crippen molar-refractivity contribution in [2.45, 2.75) is 6.54 Å². The van der Waals surface area contributed by atoms with E-state index in [1.54, 1.807) is 6.20 Å². The lowest BCUT2D eigenvalue weighted by Gasteiger charge is -2.06. The fourth-order valence-electron chi connectivity index (χ4n) is 1.22. The van der Waals surface area contributed by atoms with Crippen molar-refractivity contribution in [1.29, 1.82) is 0 Å². The summed E-state index contributed by atoms with van der Waals surface area (Å²) in [6.45, 7) is 0.663. The lowest BCUT2D eigenvalue weighted by atomic mass is 10.3. The molecule has 0 aliphatic carbocycles. The van der Waals surface area contributed by atoms with Gasteiger partial charge >= 0.3 is 0 Å². The zero-order valence-corrected chi connectivity index (χ0v) is 10.7. The Bertz CT molecular complexity index is 476. The zero-order chi connectivity index (χ0) is 11.4. The number of nitrogens with zero attached hydrogens (tertiary/aromatic N) is 2. The Hall–Kier alpha value is -1.13. The molecule has 0 saturated carbocycles. The van der Waals surface area contributed by atoms with E-state index in [0.717, 1.165) is 15.9 Å². The van der Waals surface area contributed by atoms with Crippen molar-refractivity contribution in [3.8, 4) is 0 Å². The van der Waals surface area contributed by atoms with Gasteiger partial charge in [-0.25, -0.2) is 9.97 Å². The van der Waals surface area contributed by atoms with Gasteiger partial charge in [-0.2, -0.15) is 0 Å². The minimum Gasteiger partial charge on any atom is -0.379 e. The monoisotopic (exact) mass is 297 g/mol. The normalized spacial score (nSPS) is 10.1. The van der Waals surface area contributed by atoms with Crippen LogP contribution in [0.4, 0.5) is 5.69 Å². The van der Waals surface area contributed by atoms with Crippen molar-refractivity contribution in [3.63, 3.8) is 0 Å². The second kappa shape index (κ2) is 5.27. The summed E-state index contributed by atoms with van der Waals surface area (Å²) in [5.41, 5.74) is 1.94. The Morgan fingerprint density at radius 2 is 2.19 bits per heavy atom. The predicted molar refractivity (Wildman–Crippen MR) is 68.5 cm³/mol. The third-order valence-electron chi connectivity index (χ3n) is 2.04. The predicted octanol–water partition coefficient (Wildman–Crippen LogP) is 3.50. The molecule has 0 unspecified atom stereocenters. The minimum absolute atomic E-state index is 0.663. The number of halogens is 2. The molecule has 0 saturated heterocycles. The maximum Gasteiger partial charge on any atom is 0.115 e. The summed E-state index contributed by atoms with van der Waals surface area (Å²) in [6, 6.07) is 7.57. The van der Waals surface area contributed by atoms with Crippen molar-refractivity contribution in [2.75, 3.05) is 5.32 Å². The topological polar surface area (TPSA) is 37.8 Å². The van der Waals surface area contributed by atoms with Crippen molar-refractivity contribution in [2.24, 2.45) is 0 Å². The first kappa shape index (κ1) is 11.4. The minimum atomic E-state index is 0.663. The third kappa shape index (κ3) is 2.93. The van der Waals surface area contributed by atoms with E-state index in [2.05, 4.69) is 31.2 Å². The molecule has 0 radical (unpaired) electrons. The van der Waals surface area contributed by atoms with Crippen LogP contribution in [0, 0.1) is 0 Å². The molecular weight excluding hydrogens is 289 g/mol. The van der Waals surface area contributed by atoms with Crippen molar-refractivity contribution < 1.29 is 0 Å². The highest BCUT2D eigenvalue weighted by atomic mass is 79.9. The summed E-state index contributed by atoms with van der Waals surface area (Å²) >= 11 is 9.28. The SMILES string of the molecule is Clc1ccc(NCc2ccncn2)cc1Br. The largest absolute Gasteiger partial charge is 0.379 e. The van der Waals surface area contributed by atoms with E-state index in [9.17, 15) is 0 Å². The van der Waals surface area contributed by atoms with Crippen molar-refractivity contribution >= 4 is 33.2 Å². The van der Waals surface area contributed by atoms with Gasteiger partial charge in [-0.1, -0.05) is 11.6 Å². The van der Waals surface area contributed by atoms with Crippen LogP contribution < -0.4 is 5.32 Å². The van der Waals surface area contributed by atoms with Crippen LogP contribution in [0.1, 0.15) is 5.69 Å². The molecule has 0 aliphatic heterocycles. The van der Waals surface area contributed by atoms with Gasteiger partial charge in [0.1, 0.15) is 6.33 Å². The number of hydrogen-bond acceptors (Lipinski definition) is 3. The maximum absolute atomic E-state index is 5.90. The number of aromatic nitrogens is 2. The summed E-state index contributed by atoms with van der Waals surface area (Å²) < 4.78 is 0.877. The number of rotatable bonds is 3. The second-order valence-corrected chi connectivity index (χ2v) is 4.44. The third-order valence-corrected chi connectivity index (χ3v) is 3.25. The molecule has 0 spiro atoms. The van der Waals surface area contributed by atoms with Gasteiger partial charge in [0.15, 0.2) is 0 Å². The van der Waals surface area contributed by atoms with Crippen LogP contribution in [0.15, 0.2) is 41.3 Å². The van der Waals surface area contributed by atoms with Gasteiger partial charge in [0.05, 0.1) is 17.3 Å². The highest BCUT2D eigenvalue weighted by molar-refractivity contribution is 9.10. The van der Waals surface area contributed by atoms with E-state index in [4.69, 9.17) is 11.6 Å². The molecule has 1 aromatic carbocycles. The van der Waals surface area contributed by atoms with E-state index in [-0.39, 0.29) is 0 Å². The van der Waals surface area contributed by atoms with Crippen LogP contribution in [0.25, 0.3) is 0 Å². The van der Waals surface area contributed by atoms with Crippen LogP contribution in [-0.4, -0.2) is 9.97 Å². The molecule has 2 aromatic rings. The molecule has 0 aliphatic rings. The van der Waals surface area contributed by atoms with E-state index < -0.39 is 0 Å². The lowest BCUT2D eigenvalue weighted by molar-refractivity contribution is 1.01. The van der Waals surface area contributed by atoms with E-state index >= 15 is 0 Å². The summed E-state index contributed by atoms with van der Waals surface area (Å²) in [6.07, 6.45) is 3.26. The van der Waals surface area contributed by atoms with E-state index in [0.29, 0.717) is 11.6 Å². The Labute approximate surface area is 107 Å². The van der Waals surface area contributed by atoms with Gasteiger partial charge in [-0.3, -0.25) is 0 Å². The molecule has 16 heavy (non-hydrogen) atoms. The average molecular weight is 299 g/mol. The molecule has 0 amide bonds. The highest BCUT2D eigenvalue weighted by Crippen LogP contribution is 2.25. The quantitative estimate of drug-likeness (QED) is 0.942. The molecule has 82 valence electrons. The van der Waals surface area contributed by atoms with Crippen molar-refractivity contribution in [3.05, 3.63) is 52.0 Å². The van der Waals surface area contributed by atoms with Gasteiger partial charge in [-0.15, -0.1) is 0 Å². The standard InChI is InChI=1S/C11H9BrClN3/c12-10-5-8(1-2-11(10)13)15-6-9-3-4-14-7-16-9/h1-5,7,15H,6H2. The average Bonchev–Trinajstić information content (AvgIpc) is 2.32. The van der Waals surface area contributed by atoms with E-state index in [1.807, 2.05) is 24.3 Å². The van der Waals surface area contributed by atoms with Crippen molar-refractivity contribution in [1.82, 2.24) is 9.97 Å².